The molecule has 0 aliphatic heterocycles. The van der Waals surface area contributed by atoms with Gasteiger partial charge in [0.15, 0.2) is 0 Å². The molecule has 0 amide bonds. The summed E-state index contributed by atoms with van der Waals surface area (Å²) in [5.41, 5.74) is 6.73. The minimum Gasteiger partial charge on any atom is -0.271 e. The Hall–Kier alpha value is -1.64. The van der Waals surface area contributed by atoms with Crippen molar-refractivity contribution in [2.75, 3.05) is 0 Å². The van der Waals surface area contributed by atoms with Crippen molar-refractivity contribution in [3.8, 4) is 11.1 Å². The summed E-state index contributed by atoms with van der Waals surface area (Å²) >= 11 is 0. The summed E-state index contributed by atoms with van der Waals surface area (Å²) in [6, 6.07) is 19.5. The standard InChI is InChI=1S/C19H26N2/c1-2-3-4-8-11-19(21-20)18-14-12-17(13-15-18)16-9-6-5-7-10-16/h5-7,9-10,12-15,19,21H,2-4,8,11,20H2,1H3. The fourth-order valence-electron chi connectivity index (χ4n) is 2.66. The van der Waals surface area contributed by atoms with Gasteiger partial charge in [0.1, 0.15) is 0 Å². The van der Waals surface area contributed by atoms with Crippen molar-refractivity contribution >= 4 is 0 Å². The summed E-state index contributed by atoms with van der Waals surface area (Å²) in [6.45, 7) is 2.24. The first-order valence-corrected chi connectivity index (χ1v) is 7.96. The molecule has 21 heavy (non-hydrogen) atoms. The smallest absolute Gasteiger partial charge is 0.0460 e. The summed E-state index contributed by atoms with van der Waals surface area (Å²) in [5, 5.41) is 0. The molecule has 112 valence electrons. The monoisotopic (exact) mass is 282 g/mol. The van der Waals surface area contributed by atoms with Crippen LogP contribution in [0, 0.1) is 0 Å². The third-order valence-electron chi connectivity index (χ3n) is 3.97. The highest BCUT2D eigenvalue weighted by Gasteiger charge is 2.09. The molecule has 0 aromatic heterocycles. The summed E-state index contributed by atoms with van der Waals surface area (Å²) < 4.78 is 0. The molecule has 0 radical (unpaired) electrons. The third-order valence-corrected chi connectivity index (χ3v) is 3.97. The van der Waals surface area contributed by atoms with E-state index < -0.39 is 0 Å². The predicted molar refractivity (Wildman–Crippen MR) is 90.7 cm³/mol. The van der Waals surface area contributed by atoms with E-state index in [0.717, 1.165) is 6.42 Å². The van der Waals surface area contributed by atoms with Crippen LogP contribution in [0.25, 0.3) is 11.1 Å². The number of rotatable bonds is 8. The highest BCUT2D eigenvalue weighted by molar-refractivity contribution is 5.63. The van der Waals surface area contributed by atoms with E-state index in [0.29, 0.717) is 0 Å². The maximum atomic E-state index is 5.72. The summed E-state index contributed by atoms with van der Waals surface area (Å²) in [4.78, 5) is 0. The highest BCUT2D eigenvalue weighted by atomic mass is 15.2. The van der Waals surface area contributed by atoms with E-state index in [-0.39, 0.29) is 6.04 Å². The number of nitrogens with two attached hydrogens (primary N) is 1. The molecule has 2 aromatic rings. The number of unbranched alkanes of at least 4 members (excludes halogenated alkanes) is 3. The number of hydrogen-bond donors (Lipinski definition) is 2. The molecular formula is C19H26N2. The van der Waals surface area contributed by atoms with Crippen LogP contribution in [0.3, 0.4) is 0 Å². The van der Waals surface area contributed by atoms with Gasteiger partial charge in [-0.05, 0) is 23.1 Å². The van der Waals surface area contributed by atoms with Gasteiger partial charge in [0, 0.05) is 6.04 Å². The number of nitrogens with one attached hydrogen (secondary N) is 1. The van der Waals surface area contributed by atoms with Crippen molar-refractivity contribution in [3.63, 3.8) is 0 Å². The Morgan fingerprint density at radius 3 is 2.14 bits per heavy atom. The predicted octanol–water partition coefficient (Wildman–Crippen LogP) is 4.83. The first-order chi connectivity index (χ1) is 10.3. The second-order valence-electron chi connectivity index (χ2n) is 5.56. The van der Waals surface area contributed by atoms with Gasteiger partial charge in [-0.1, -0.05) is 87.2 Å². The Morgan fingerprint density at radius 1 is 0.857 bits per heavy atom. The Bertz CT molecular complexity index is 505. The number of hydrazine groups is 1. The van der Waals surface area contributed by atoms with Crippen molar-refractivity contribution in [2.24, 2.45) is 5.84 Å². The molecule has 0 aliphatic carbocycles. The molecule has 0 spiro atoms. The molecule has 0 saturated carbocycles. The van der Waals surface area contributed by atoms with E-state index in [9.17, 15) is 0 Å². The molecule has 0 heterocycles. The maximum Gasteiger partial charge on any atom is 0.0460 e. The van der Waals surface area contributed by atoms with Crippen LogP contribution >= 0.6 is 0 Å². The minimum absolute atomic E-state index is 0.256. The van der Waals surface area contributed by atoms with E-state index in [2.05, 4.69) is 60.9 Å². The summed E-state index contributed by atoms with van der Waals surface area (Å²) in [5.74, 6) is 5.72. The molecule has 2 rings (SSSR count). The zero-order chi connectivity index (χ0) is 14.9. The van der Waals surface area contributed by atoms with Crippen LogP contribution in [-0.2, 0) is 0 Å². The van der Waals surface area contributed by atoms with Crippen molar-refractivity contribution in [3.05, 3.63) is 60.2 Å². The molecule has 3 N–H and O–H groups in total. The van der Waals surface area contributed by atoms with E-state index in [1.165, 1.54) is 42.4 Å². The minimum atomic E-state index is 0.256. The molecule has 2 aromatic carbocycles. The fraction of sp³-hybridized carbons (Fsp3) is 0.368. The Balaban J connectivity index is 1.99. The maximum absolute atomic E-state index is 5.72. The zero-order valence-corrected chi connectivity index (χ0v) is 12.9. The lowest BCUT2D eigenvalue weighted by Crippen LogP contribution is -2.27. The van der Waals surface area contributed by atoms with Crippen LogP contribution in [0.2, 0.25) is 0 Å². The molecule has 1 unspecified atom stereocenters. The Labute approximate surface area is 128 Å². The van der Waals surface area contributed by atoms with Crippen molar-refractivity contribution in [2.45, 2.75) is 45.1 Å². The van der Waals surface area contributed by atoms with Crippen LogP contribution in [0.5, 0.6) is 0 Å². The average molecular weight is 282 g/mol. The number of benzene rings is 2. The lowest BCUT2D eigenvalue weighted by atomic mass is 9.97. The van der Waals surface area contributed by atoms with Gasteiger partial charge in [-0.3, -0.25) is 11.3 Å². The van der Waals surface area contributed by atoms with Crippen LogP contribution in [-0.4, -0.2) is 0 Å². The highest BCUT2D eigenvalue weighted by Crippen LogP contribution is 2.24. The molecule has 0 fully saturated rings. The van der Waals surface area contributed by atoms with Gasteiger partial charge in [0.25, 0.3) is 0 Å². The van der Waals surface area contributed by atoms with E-state index in [1.54, 1.807) is 0 Å². The molecule has 2 nitrogen and oxygen atoms in total. The van der Waals surface area contributed by atoms with Gasteiger partial charge in [0.2, 0.25) is 0 Å². The van der Waals surface area contributed by atoms with Crippen LogP contribution in [0.4, 0.5) is 0 Å². The van der Waals surface area contributed by atoms with E-state index in [4.69, 9.17) is 5.84 Å². The molecule has 0 saturated heterocycles. The van der Waals surface area contributed by atoms with Crippen molar-refractivity contribution < 1.29 is 0 Å². The second-order valence-corrected chi connectivity index (χ2v) is 5.56. The first kappa shape index (κ1) is 15.7. The fourth-order valence-corrected chi connectivity index (χ4v) is 2.66. The molecule has 0 bridgehead atoms. The molecular weight excluding hydrogens is 256 g/mol. The van der Waals surface area contributed by atoms with Gasteiger partial charge < -0.3 is 0 Å². The van der Waals surface area contributed by atoms with Gasteiger partial charge >= 0.3 is 0 Å². The Kier molecular flexibility index (Phi) is 6.45. The van der Waals surface area contributed by atoms with Gasteiger partial charge in [-0.25, -0.2) is 0 Å². The Morgan fingerprint density at radius 2 is 1.52 bits per heavy atom. The molecule has 2 heteroatoms. The molecule has 0 aliphatic rings. The van der Waals surface area contributed by atoms with E-state index in [1.807, 2.05) is 6.07 Å². The summed E-state index contributed by atoms with van der Waals surface area (Å²) in [7, 11) is 0. The lowest BCUT2D eigenvalue weighted by molar-refractivity contribution is 0.482. The normalized spacial score (nSPS) is 12.3. The van der Waals surface area contributed by atoms with Crippen molar-refractivity contribution in [1.82, 2.24) is 5.43 Å². The van der Waals surface area contributed by atoms with Gasteiger partial charge in [-0.15, -0.1) is 0 Å². The van der Waals surface area contributed by atoms with Gasteiger partial charge in [0.05, 0.1) is 0 Å². The lowest BCUT2D eigenvalue weighted by Gasteiger charge is -2.16. The third kappa shape index (κ3) is 4.69. The molecule has 1 atom stereocenters. The average Bonchev–Trinajstić information content (AvgIpc) is 2.56. The van der Waals surface area contributed by atoms with Crippen LogP contribution in [0.15, 0.2) is 54.6 Å². The topological polar surface area (TPSA) is 38.0 Å². The largest absolute Gasteiger partial charge is 0.271 e. The van der Waals surface area contributed by atoms with E-state index >= 15 is 0 Å². The number of hydrogen-bond acceptors (Lipinski definition) is 2. The zero-order valence-electron chi connectivity index (χ0n) is 12.9. The quantitative estimate of drug-likeness (QED) is 0.413. The van der Waals surface area contributed by atoms with Crippen LogP contribution < -0.4 is 11.3 Å². The first-order valence-electron chi connectivity index (χ1n) is 7.96. The second kappa shape index (κ2) is 8.60. The van der Waals surface area contributed by atoms with Crippen LogP contribution in [0.1, 0.15) is 50.6 Å². The summed E-state index contributed by atoms with van der Waals surface area (Å²) in [6.07, 6.45) is 6.19. The van der Waals surface area contributed by atoms with Gasteiger partial charge in [-0.2, -0.15) is 0 Å². The van der Waals surface area contributed by atoms with Crippen molar-refractivity contribution in [1.29, 1.82) is 0 Å². The SMILES string of the molecule is CCCCCCC(NN)c1ccc(-c2ccccc2)cc1.